The number of ether oxygens (including phenoxy) is 1. The van der Waals surface area contributed by atoms with Crippen molar-refractivity contribution in [3.63, 3.8) is 0 Å². The van der Waals surface area contributed by atoms with Crippen LogP contribution in [0.2, 0.25) is 0 Å². The lowest BCUT2D eigenvalue weighted by Crippen LogP contribution is -2.41. The molecule has 2 fully saturated rings. The number of aliphatic carboxylic acids is 2. The van der Waals surface area contributed by atoms with Crippen molar-refractivity contribution in [3.05, 3.63) is 0 Å². The van der Waals surface area contributed by atoms with Crippen LogP contribution in [0, 0.1) is 0 Å². The highest BCUT2D eigenvalue weighted by Crippen LogP contribution is 2.16. The van der Waals surface area contributed by atoms with Gasteiger partial charge in [0.25, 0.3) is 0 Å². The van der Waals surface area contributed by atoms with Crippen LogP contribution >= 0.6 is 0 Å². The van der Waals surface area contributed by atoms with Crippen LogP contribution in [0.3, 0.4) is 0 Å². The van der Waals surface area contributed by atoms with Crippen molar-refractivity contribution in [2.75, 3.05) is 13.2 Å². The standard InChI is InChI=1S/C6H11NO.C2H2O4/c1-2-6-4-8-3-5(1)7-6;3-1(4)2(5)6/h5-7H,1-4H2;(H,3,4)(H,5,6). The van der Waals surface area contributed by atoms with Crippen molar-refractivity contribution in [1.29, 1.82) is 0 Å². The first-order valence-electron chi connectivity index (χ1n) is 4.39. The Balaban J connectivity index is 0.000000149. The fourth-order valence-corrected chi connectivity index (χ4v) is 1.52. The minimum Gasteiger partial charge on any atom is -0.473 e. The van der Waals surface area contributed by atoms with E-state index in [0.717, 1.165) is 13.2 Å². The fourth-order valence-electron chi connectivity index (χ4n) is 1.52. The molecule has 0 radical (unpaired) electrons. The van der Waals surface area contributed by atoms with Crippen LogP contribution in [0.4, 0.5) is 0 Å². The Morgan fingerprint density at radius 1 is 1.07 bits per heavy atom. The van der Waals surface area contributed by atoms with Crippen LogP contribution in [0.25, 0.3) is 0 Å². The van der Waals surface area contributed by atoms with Gasteiger partial charge in [-0.3, -0.25) is 0 Å². The van der Waals surface area contributed by atoms with Gasteiger partial charge in [-0.15, -0.1) is 0 Å². The van der Waals surface area contributed by atoms with Gasteiger partial charge >= 0.3 is 11.9 Å². The Morgan fingerprint density at radius 2 is 1.50 bits per heavy atom. The number of carboxylic acids is 2. The second kappa shape index (κ2) is 4.92. The van der Waals surface area contributed by atoms with Crippen molar-refractivity contribution in [2.45, 2.75) is 24.9 Å². The SMILES string of the molecule is C1CC2COCC1N2.O=C(O)C(=O)O. The van der Waals surface area contributed by atoms with Gasteiger partial charge in [0.15, 0.2) is 0 Å². The number of hydrogen-bond acceptors (Lipinski definition) is 4. The zero-order chi connectivity index (χ0) is 10.6. The second-order valence-electron chi connectivity index (χ2n) is 3.29. The Bertz CT molecular complexity index is 204. The third kappa shape index (κ3) is 3.31. The van der Waals surface area contributed by atoms with Gasteiger partial charge in [-0.25, -0.2) is 9.59 Å². The van der Waals surface area contributed by atoms with E-state index in [1.807, 2.05) is 0 Å². The average molecular weight is 203 g/mol. The Morgan fingerprint density at radius 3 is 1.79 bits per heavy atom. The number of rotatable bonds is 0. The highest BCUT2D eigenvalue weighted by Gasteiger charge is 2.27. The molecule has 0 amide bonds. The predicted molar refractivity (Wildman–Crippen MR) is 46.0 cm³/mol. The highest BCUT2D eigenvalue weighted by molar-refractivity contribution is 6.27. The van der Waals surface area contributed by atoms with Gasteiger partial charge in [-0.1, -0.05) is 0 Å². The van der Waals surface area contributed by atoms with Gasteiger partial charge in [0.05, 0.1) is 13.2 Å². The summed E-state index contributed by atoms with van der Waals surface area (Å²) >= 11 is 0. The van der Waals surface area contributed by atoms with E-state index in [1.165, 1.54) is 12.8 Å². The smallest absolute Gasteiger partial charge is 0.414 e. The van der Waals surface area contributed by atoms with Gasteiger partial charge in [-0.05, 0) is 12.8 Å². The monoisotopic (exact) mass is 203 g/mol. The summed E-state index contributed by atoms with van der Waals surface area (Å²) in [5.41, 5.74) is 0. The molecule has 14 heavy (non-hydrogen) atoms. The van der Waals surface area contributed by atoms with Crippen LogP contribution in [-0.4, -0.2) is 47.4 Å². The largest absolute Gasteiger partial charge is 0.473 e. The maximum Gasteiger partial charge on any atom is 0.414 e. The molecule has 2 aliphatic rings. The molecule has 0 spiro atoms. The van der Waals surface area contributed by atoms with Crippen molar-refractivity contribution < 1.29 is 24.5 Å². The summed E-state index contributed by atoms with van der Waals surface area (Å²) < 4.78 is 5.29. The molecular formula is C8H13NO5. The normalized spacial score (nSPS) is 28.9. The number of carboxylic acid groups (broad SMARTS) is 2. The summed E-state index contributed by atoms with van der Waals surface area (Å²) in [5.74, 6) is -3.65. The molecule has 0 aromatic carbocycles. The molecule has 0 saturated carbocycles. The van der Waals surface area contributed by atoms with E-state index in [-0.39, 0.29) is 0 Å². The molecule has 2 heterocycles. The van der Waals surface area contributed by atoms with Crippen LogP contribution < -0.4 is 5.32 Å². The minimum absolute atomic E-state index is 0.689. The molecule has 2 saturated heterocycles. The van der Waals surface area contributed by atoms with E-state index in [4.69, 9.17) is 24.5 Å². The molecule has 2 aliphatic heterocycles. The summed E-state index contributed by atoms with van der Waals surface area (Å²) in [5, 5.41) is 18.2. The Kier molecular flexibility index (Phi) is 3.84. The van der Waals surface area contributed by atoms with E-state index in [2.05, 4.69) is 5.32 Å². The molecular weight excluding hydrogens is 190 g/mol. The van der Waals surface area contributed by atoms with Gasteiger partial charge < -0.3 is 20.3 Å². The maximum absolute atomic E-state index is 9.10. The molecule has 2 unspecified atom stereocenters. The summed E-state index contributed by atoms with van der Waals surface area (Å²) in [6, 6.07) is 1.38. The Labute approximate surface area is 80.9 Å². The lowest BCUT2D eigenvalue weighted by atomic mass is 10.2. The third-order valence-corrected chi connectivity index (χ3v) is 2.16. The molecule has 0 aliphatic carbocycles. The zero-order valence-corrected chi connectivity index (χ0v) is 7.60. The zero-order valence-electron chi connectivity index (χ0n) is 7.60. The topological polar surface area (TPSA) is 95.9 Å². The molecule has 6 nitrogen and oxygen atoms in total. The van der Waals surface area contributed by atoms with Crippen LogP contribution in [-0.2, 0) is 14.3 Å². The highest BCUT2D eigenvalue weighted by atomic mass is 16.5. The molecule has 3 N–H and O–H groups in total. The lowest BCUT2D eigenvalue weighted by molar-refractivity contribution is -0.159. The molecule has 2 atom stereocenters. The molecule has 6 heteroatoms. The predicted octanol–water partition coefficient (Wildman–Crippen LogP) is -0.707. The van der Waals surface area contributed by atoms with Gasteiger partial charge in [0.2, 0.25) is 0 Å². The number of hydrogen-bond donors (Lipinski definition) is 3. The fraction of sp³-hybridized carbons (Fsp3) is 0.750. The number of carbonyl (C=O) groups is 2. The summed E-state index contributed by atoms with van der Waals surface area (Å²) in [6.45, 7) is 1.88. The van der Waals surface area contributed by atoms with E-state index >= 15 is 0 Å². The molecule has 0 aromatic rings. The average Bonchev–Trinajstić information content (AvgIpc) is 2.46. The summed E-state index contributed by atoms with van der Waals surface area (Å²) in [6.07, 6.45) is 2.65. The van der Waals surface area contributed by atoms with Crippen molar-refractivity contribution >= 4 is 11.9 Å². The quantitative estimate of drug-likeness (QED) is 0.450. The minimum atomic E-state index is -1.82. The maximum atomic E-state index is 9.10. The number of morpholine rings is 1. The van der Waals surface area contributed by atoms with Crippen LogP contribution in [0.15, 0.2) is 0 Å². The number of nitrogens with one attached hydrogen (secondary N) is 1. The van der Waals surface area contributed by atoms with Gasteiger partial charge in [0.1, 0.15) is 0 Å². The summed E-state index contributed by atoms with van der Waals surface area (Å²) in [7, 11) is 0. The lowest BCUT2D eigenvalue weighted by Gasteiger charge is -2.20. The molecule has 2 bridgehead atoms. The first-order valence-corrected chi connectivity index (χ1v) is 4.39. The molecule has 0 aromatic heterocycles. The van der Waals surface area contributed by atoms with E-state index < -0.39 is 11.9 Å². The molecule has 80 valence electrons. The first kappa shape index (κ1) is 10.9. The summed E-state index contributed by atoms with van der Waals surface area (Å²) in [4.78, 5) is 18.2. The van der Waals surface area contributed by atoms with Crippen molar-refractivity contribution in [3.8, 4) is 0 Å². The van der Waals surface area contributed by atoms with Crippen LogP contribution in [0.1, 0.15) is 12.8 Å². The van der Waals surface area contributed by atoms with E-state index in [1.54, 1.807) is 0 Å². The Hall–Kier alpha value is -1.14. The van der Waals surface area contributed by atoms with Crippen LogP contribution in [0.5, 0.6) is 0 Å². The van der Waals surface area contributed by atoms with E-state index in [9.17, 15) is 0 Å². The van der Waals surface area contributed by atoms with E-state index in [0.29, 0.717) is 12.1 Å². The third-order valence-electron chi connectivity index (χ3n) is 2.16. The van der Waals surface area contributed by atoms with Gasteiger partial charge in [0, 0.05) is 12.1 Å². The van der Waals surface area contributed by atoms with Crippen molar-refractivity contribution in [1.82, 2.24) is 5.32 Å². The first-order chi connectivity index (χ1) is 6.59. The van der Waals surface area contributed by atoms with Gasteiger partial charge in [-0.2, -0.15) is 0 Å². The molecule has 2 rings (SSSR count). The number of fused-ring (bicyclic) bond motifs is 2. The second-order valence-corrected chi connectivity index (χ2v) is 3.29. The van der Waals surface area contributed by atoms with Crippen molar-refractivity contribution in [2.24, 2.45) is 0 Å².